The Kier molecular flexibility index (Phi) is 5.96. The lowest BCUT2D eigenvalue weighted by Crippen LogP contribution is -2.33. The molecule has 0 atom stereocenters. The van der Waals surface area contributed by atoms with E-state index in [1.54, 1.807) is 0 Å². The molecule has 0 aromatic heterocycles. The van der Waals surface area contributed by atoms with Gasteiger partial charge >= 0.3 is 6.18 Å². The first-order chi connectivity index (χ1) is 12.9. The quantitative estimate of drug-likeness (QED) is 0.853. The van der Waals surface area contributed by atoms with Gasteiger partial charge < -0.3 is 5.32 Å². The van der Waals surface area contributed by atoms with Gasteiger partial charge in [0.15, 0.2) is 0 Å². The summed E-state index contributed by atoms with van der Waals surface area (Å²) in [6.07, 6.45) is -1.76. The molecule has 142 valence electrons. The molecule has 3 nitrogen and oxygen atoms in total. The second-order valence-electron chi connectivity index (χ2n) is 6.58. The van der Waals surface area contributed by atoms with Gasteiger partial charge in [0.05, 0.1) is 5.56 Å². The van der Waals surface area contributed by atoms with Crippen LogP contribution in [0.4, 0.5) is 13.2 Å². The maximum Gasteiger partial charge on any atom is 0.416 e. The van der Waals surface area contributed by atoms with Crippen molar-refractivity contribution in [1.29, 1.82) is 0 Å². The minimum atomic E-state index is -4.35. The van der Waals surface area contributed by atoms with Crippen molar-refractivity contribution in [3.05, 3.63) is 82.9 Å². The van der Waals surface area contributed by atoms with Crippen molar-refractivity contribution in [2.45, 2.75) is 25.7 Å². The lowest BCUT2D eigenvalue weighted by Gasteiger charge is -2.26. The third-order valence-electron chi connectivity index (χ3n) is 4.57. The topological polar surface area (TPSA) is 32.3 Å². The Morgan fingerprint density at radius 1 is 1.00 bits per heavy atom. The van der Waals surface area contributed by atoms with E-state index >= 15 is 0 Å². The summed E-state index contributed by atoms with van der Waals surface area (Å²) < 4.78 is 37.7. The predicted octanol–water partition coefficient (Wildman–Crippen LogP) is 4.15. The predicted molar refractivity (Wildman–Crippen MR) is 97.7 cm³/mol. The van der Waals surface area contributed by atoms with Gasteiger partial charge in [-0.05, 0) is 29.7 Å². The van der Waals surface area contributed by atoms with E-state index in [0.29, 0.717) is 18.5 Å². The van der Waals surface area contributed by atoms with Gasteiger partial charge in [-0.25, -0.2) is 0 Å². The summed E-state index contributed by atoms with van der Waals surface area (Å²) in [5.41, 5.74) is 1.91. The summed E-state index contributed by atoms with van der Waals surface area (Å²) in [7, 11) is 0. The van der Waals surface area contributed by atoms with Gasteiger partial charge in [-0.2, -0.15) is 13.2 Å². The molecule has 1 N–H and O–H groups in total. The fourth-order valence-corrected chi connectivity index (χ4v) is 3.01. The Bertz CT molecular complexity index is 798. The highest BCUT2D eigenvalue weighted by Crippen LogP contribution is 2.29. The van der Waals surface area contributed by atoms with Crippen molar-refractivity contribution < 1.29 is 18.0 Å². The Balaban J connectivity index is 1.49. The average Bonchev–Trinajstić information content (AvgIpc) is 2.67. The monoisotopic (exact) mass is 374 g/mol. The van der Waals surface area contributed by atoms with Crippen LogP contribution in [-0.4, -0.2) is 23.9 Å². The second-order valence-corrected chi connectivity index (χ2v) is 6.58. The number of nitrogens with zero attached hydrogens (tertiary/aromatic N) is 1. The summed E-state index contributed by atoms with van der Waals surface area (Å²) in [6.45, 7) is 2.56. The van der Waals surface area contributed by atoms with E-state index in [4.69, 9.17) is 0 Å². The molecular formula is C21H21F3N2O. The van der Waals surface area contributed by atoms with Crippen LogP contribution in [0.15, 0.2) is 66.2 Å². The number of hydrogen-bond donors (Lipinski definition) is 1. The maximum atomic E-state index is 12.6. The molecule has 1 aliphatic heterocycles. The van der Waals surface area contributed by atoms with E-state index < -0.39 is 11.7 Å². The zero-order chi connectivity index (χ0) is 19.3. The highest BCUT2D eigenvalue weighted by Gasteiger charge is 2.29. The number of carbonyl (C=O) groups excluding carboxylic acids is 1. The van der Waals surface area contributed by atoms with Crippen LogP contribution in [0.25, 0.3) is 0 Å². The standard InChI is InChI=1S/C21H21F3N2O/c22-21(23,24)19-8-6-16(7-9-19)14-25-20(27)18-10-12-26(13-11-18)15-17-4-2-1-3-5-17/h1-10H,11-15H2,(H,25,27). The van der Waals surface area contributed by atoms with Gasteiger partial charge in [0.1, 0.15) is 0 Å². The number of halogens is 3. The van der Waals surface area contributed by atoms with E-state index in [1.807, 2.05) is 24.3 Å². The molecule has 27 heavy (non-hydrogen) atoms. The zero-order valence-electron chi connectivity index (χ0n) is 14.8. The Morgan fingerprint density at radius 2 is 1.70 bits per heavy atom. The minimum Gasteiger partial charge on any atom is -0.348 e. The molecule has 1 amide bonds. The number of rotatable bonds is 5. The fourth-order valence-electron chi connectivity index (χ4n) is 3.01. The molecule has 0 spiro atoms. The molecule has 6 heteroatoms. The van der Waals surface area contributed by atoms with Gasteiger partial charge in [0.25, 0.3) is 0 Å². The van der Waals surface area contributed by atoms with E-state index in [0.717, 1.165) is 30.8 Å². The summed E-state index contributed by atoms with van der Waals surface area (Å²) in [6, 6.07) is 15.0. The van der Waals surface area contributed by atoms with Crippen LogP contribution in [-0.2, 0) is 24.1 Å². The van der Waals surface area contributed by atoms with Crippen molar-refractivity contribution in [3.8, 4) is 0 Å². The van der Waals surface area contributed by atoms with Crippen LogP contribution in [0, 0.1) is 0 Å². The molecule has 0 aliphatic carbocycles. The van der Waals surface area contributed by atoms with Crippen molar-refractivity contribution in [3.63, 3.8) is 0 Å². The molecule has 2 aromatic carbocycles. The minimum absolute atomic E-state index is 0.158. The van der Waals surface area contributed by atoms with Crippen LogP contribution in [0.2, 0.25) is 0 Å². The van der Waals surface area contributed by atoms with Crippen LogP contribution in [0.1, 0.15) is 23.1 Å². The van der Waals surface area contributed by atoms with Crippen molar-refractivity contribution in [2.75, 3.05) is 13.1 Å². The number of alkyl halides is 3. The van der Waals surface area contributed by atoms with Gasteiger partial charge in [0.2, 0.25) is 5.91 Å². The molecule has 3 rings (SSSR count). The first kappa shape index (κ1) is 19.2. The molecule has 0 fully saturated rings. The van der Waals surface area contributed by atoms with E-state index in [-0.39, 0.29) is 12.5 Å². The SMILES string of the molecule is O=C(NCc1ccc(C(F)(F)F)cc1)C1=CCN(Cc2ccccc2)CC1. The highest BCUT2D eigenvalue weighted by atomic mass is 19.4. The van der Waals surface area contributed by atoms with Crippen LogP contribution < -0.4 is 5.32 Å². The number of hydrogen-bond acceptors (Lipinski definition) is 2. The Morgan fingerprint density at radius 3 is 2.30 bits per heavy atom. The van der Waals surface area contributed by atoms with Crippen LogP contribution in [0.5, 0.6) is 0 Å². The number of amides is 1. The van der Waals surface area contributed by atoms with Crippen molar-refractivity contribution in [1.82, 2.24) is 10.2 Å². The third kappa shape index (κ3) is 5.44. The maximum absolute atomic E-state index is 12.6. The van der Waals surface area contributed by atoms with E-state index in [1.165, 1.54) is 17.7 Å². The lowest BCUT2D eigenvalue weighted by atomic mass is 10.1. The van der Waals surface area contributed by atoms with Gasteiger partial charge in [-0.1, -0.05) is 48.5 Å². The first-order valence-corrected chi connectivity index (χ1v) is 8.81. The normalized spacial score (nSPS) is 15.3. The van der Waals surface area contributed by atoms with Gasteiger partial charge in [0, 0.05) is 31.8 Å². The number of carbonyl (C=O) groups is 1. The Labute approximate surface area is 156 Å². The smallest absolute Gasteiger partial charge is 0.348 e. The number of benzene rings is 2. The fraction of sp³-hybridized carbons (Fsp3) is 0.286. The van der Waals surface area contributed by atoms with Gasteiger partial charge in [-0.15, -0.1) is 0 Å². The highest BCUT2D eigenvalue weighted by molar-refractivity contribution is 5.93. The van der Waals surface area contributed by atoms with Crippen LogP contribution >= 0.6 is 0 Å². The van der Waals surface area contributed by atoms with Gasteiger partial charge in [-0.3, -0.25) is 9.69 Å². The van der Waals surface area contributed by atoms with Crippen molar-refractivity contribution in [2.24, 2.45) is 0 Å². The van der Waals surface area contributed by atoms with E-state index in [2.05, 4.69) is 22.3 Å². The molecular weight excluding hydrogens is 353 g/mol. The Hall–Kier alpha value is -2.60. The van der Waals surface area contributed by atoms with Crippen molar-refractivity contribution >= 4 is 5.91 Å². The summed E-state index contributed by atoms with van der Waals surface area (Å²) >= 11 is 0. The summed E-state index contributed by atoms with van der Waals surface area (Å²) in [4.78, 5) is 14.6. The summed E-state index contributed by atoms with van der Waals surface area (Å²) in [5, 5.41) is 2.78. The average molecular weight is 374 g/mol. The molecule has 2 aromatic rings. The van der Waals surface area contributed by atoms with E-state index in [9.17, 15) is 18.0 Å². The molecule has 0 saturated carbocycles. The molecule has 1 aliphatic rings. The second kappa shape index (κ2) is 8.39. The molecule has 0 unspecified atom stereocenters. The molecule has 0 radical (unpaired) electrons. The lowest BCUT2D eigenvalue weighted by molar-refractivity contribution is -0.137. The third-order valence-corrected chi connectivity index (χ3v) is 4.57. The molecule has 0 bridgehead atoms. The number of nitrogens with one attached hydrogen (secondary N) is 1. The largest absolute Gasteiger partial charge is 0.416 e. The summed E-state index contributed by atoms with van der Waals surface area (Å²) in [5.74, 6) is -0.158. The molecule has 0 saturated heterocycles. The molecule has 1 heterocycles. The first-order valence-electron chi connectivity index (χ1n) is 8.81. The van der Waals surface area contributed by atoms with Crippen LogP contribution in [0.3, 0.4) is 0 Å². The zero-order valence-corrected chi connectivity index (χ0v) is 14.8.